The van der Waals surface area contributed by atoms with Gasteiger partial charge in [-0.2, -0.15) is 0 Å². The Kier molecular flexibility index (Phi) is 5.88. The first-order chi connectivity index (χ1) is 13.7. The van der Waals surface area contributed by atoms with Gasteiger partial charge in [-0.3, -0.25) is 0 Å². The molecule has 0 fully saturated rings. The minimum Gasteiger partial charge on any atom is -0.382 e. The number of halogens is 2. The van der Waals surface area contributed by atoms with Crippen LogP contribution in [0.15, 0.2) is 23.1 Å². The zero-order valence-corrected chi connectivity index (χ0v) is 17.5. The molecule has 0 unspecified atom stereocenters. The number of anilines is 1. The van der Waals surface area contributed by atoms with Crippen molar-refractivity contribution in [3.63, 3.8) is 0 Å². The summed E-state index contributed by atoms with van der Waals surface area (Å²) in [5, 5.41) is 0. The predicted molar refractivity (Wildman–Crippen MR) is 108 cm³/mol. The van der Waals surface area contributed by atoms with E-state index in [2.05, 4.69) is 14.5 Å². The van der Waals surface area contributed by atoms with Crippen molar-refractivity contribution >= 4 is 26.7 Å². The first-order valence-electron chi connectivity index (χ1n) is 9.45. The monoisotopic (exact) mass is 422 g/mol. The van der Waals surface area contributed by atoms with Crippen LogP contribution in [-0.2, 0) is 22.8 Å². The minimum atomic E-state index is -3.83. The van der Waals surface area contributed by atoms with Gasteiger partial charge in [0, 0.05) is 24.7 Å². The molecule has 2 aromatic heterocycles. The number of nitrogens with two attached hydrogens (primary N) is 1. The summed E-state index contributed by atoms with van der Waals surface area (Å²) in [7, 11) is -3.83. The highest BCUT2D eigenvalue weighted by Crippen LogP contribution is 2.27. The van der Waals surface area contributed by atoms with Crippen molar-refractivity contribution in [2.24, 2.45) is 0 Å². The second-order valence-corrected chi connectivity index (χ2v) is 9.12. The highest BCUT2D eigenvalue weighted by Gasteiger charge is 2.20. The number of aryl methyl sites for hydroxylation is 4. The number of hydrogen-bond donors (Lipinski definition) is 1. The number of unbranched alkanes of at least 4 members (excludes halogenated alkanes) is 1. The average molecular weight is 423 g/mol. The van der Waals surface area contributed by atoms with Crippen LogP contribution in [-0.4, -0.2) is 28.7 Å². The molecule has 3 rings (SSSR count). The van der Waals surface area contributed by atoms with Crippen LogP contribution in [0.1, 0.15) is 36.8 Å². The SMILES string of the molecule is CCc1nc2c(N)nc(C)c(C)c2n1CCCCS(=O)(=O)c1ccc(F)cc1F. The lowest BCUT2D eigenvalue weighted by atomic mass is 10.2. The molecule has 0 amide bonds. The minimum absolute atomic E-state index is 0.217. The highest BCUT2D eigenvalue weighted by atomic mass is 32.2. The maximum Gasteiger partial charge on any atom is 0.181 e. The second kappa shape index (κ2) is 8.06. The molecular weight excluding hydrogens is 398 g/mol. The topological polar surface area (TPSA) is 90.9 Å². The summed E-state index contributed by atoms with van der Waals surface area (Å²) < 4.78 is 53.7. The summed E-state index contributed by atoms with van der Waals surface area (Å²) in [4.78, 5) is 8.46. The van der Waals surface area contributed by atoms with Crippen LogP contribution in [0.2, 0.25) is 0 Å². The number of rotatable bonds is 7. The number of pyridine rings is 1. The van der Waals surface area contributed by atoms with E-state index in [-0.39, 0.29) is 5.75 Å². The molecule has 0 saturated heterocycles. The van der Waals surface area contributed by atoms with Crippen molar-refractivity contribution in [1.82, 2.24) is 14.5 Å². The Hall–Kier alpha value is -2.55. The quantitative estimate of drug-likeness (QED) is 0.463. The molecule has 0 bridgehead atoms. The third-order valence-corrected chi connectivity index (χ3v) is 6.89. The zero-order valence-electron chi connectivity index (χ0n) is 16.7. The van der Waals surface area contributed by atoms with E-state index >= 15 is 0 Å². The zero-order chi connectivity index (χ0) is 21.3. The molecule has 0 aliphatic rings. The van der Waals surface area contributed by atoms with Gasteiger partial charge >= 0.3 is 0 Å². The van der Waals surface area contributed by atoms with Crippen LogP contribution < -0.4 is 5.73 Å². The lowest BCUT2D eigenvalue weighted by Gasteiger charge is -2.11. The van der Waals surface area contributed by atoms with Crippen LogP contribution in [0.5, 0.6) is 0 Å². The van der Waals surface area contributed by atoms with Crippen molar-refractivity contribution in [2.45, 2.75) is 51.5 Å². The van der Waals surface area contributed by atoms with Crippen molar-refractivity contribution in [1.29, 1.82) is 0 Å². The van der Waals surface area contributed by atoms with E-state index in [1.807, 2.05) is 20.8 Å². The smallest absolute Gasteiger partial charge is 0.181 e. The van der Waals surface area contributed by atoms with E-state index in [9.17, 15) is 17.2 Å². The summed E-state index contributed by atoms with van der Waals surface area (Å²) >= 11 is 0. The van der Waals surface area contributed by atoms with E-state index in [1.54, 1.807) is 0 Å². The largest absolute Gasteiger partial charge is 0.382 e. The second-order valence-electron chi connectivity index (χ2n) is 7.04. The number of nitrogen functional groups attached to an aromatic ring is 1. The van der Waals surface area contributed by atoms with Crippen molar-refractivity contribution in [2.75, 3.05) is 11.5 Å². The van der Waals surface area contributed by atoms with Crippen LogP contribution >= 0.6 is 0 Å². The molecule has 0 radical (unpaired) electrons. The van der Waals surface area contributed by atoms with Crippen LogP contribution in [0, 0.1) is 25.5 Å². The number of aromatic nitrogens is 3. The Bertz CT molecular complexity index is 1170. The van der Waals surface area contributed by atoms with Crippen molar-refractivity contribution in [3.05, 3.63) is 46.9 Å². The fraction of sp³-hybridized carbons (Fsp3) is 0.400. The summed E-state index contributed by atoms with van der Waals surface area (Å²) in [5.74, 6) is -0.848. The van der Waals surface area contributed by atoms with E-state index in [1.165, 1.54) is 0 Å². The summed E-state index contributed by atoms with van der Waals surface area (Å²) in [6, 6.07) is 2.51. The Morgan fingerprint density at radius 2 is 1.86 bits per heavy atom. The van der Waals surface area contributed by atoms with Gasteiger partial charge in [-0.15, -0.1) is 0 Å². The number of fused-ring (bicyclic) bond motifs is 1. The van der Waals surface area contributed by atoms with Gasteiger partial charge in [-0.25, -0.2) is 27.2 Å². The normalized spacial score (nSPS) is 12.0. The molecule has 0 aliphatic heterocycles. The van der Waals surface area contributed by atoms with Gasteiger partial charge in [0.25, 0.3) is 0 Å². The number of benzene rings is 1. The molecule has 3 aromatic rings. The molecule has 2 N–H and O–H groups in total. The van der Waals surface area contributed by atoms with E-state index in [0.717, 1.165) is 34.7 Å². The van der Waals surface area contributed by atoms with Gasteiger partial charge in [0.1, 0.15) is 27.9 Å². The summed E-state index contributed by atoms with van der Waals surface area (Å²) in [6.07, 6.45) is 1.59. The molecule has 6 nitrogen and oxygen atoms in total. The fourth-order valence-corrected chi connectivity index (χ4v) is 4.89. The molecule has 29 heavy (non-hydrogen) atoms. The van der Waals surface area contributed by atoms with Crippen LogP contribution in [0.3, 0.4) is 0 Å². The van der Waals surface area contributed by atoms with Gasteiger partial charge in [0.05, 0.1) is 11.3 Å². The Morgan fingerprint density at radius 3 is 2.52 bits per heavy atom. The summed E-state index contributed by atoms with van der Waals surface area (Å²) in [5.41, 5.74) is 9.43. The van der Waals surface area contributed by atoms with Gasteiger partial charge in [0.2, 0.25) is 0 Å². The molecule has 9 heteroatoms. The van der Waals surface area contributed by atoms with Gasteiger partial charge < -0.3 is 10.3 Å². The van der Waals surface area contributed by atoms with Crippen molar-refractivity contribution in [3.8, 4) is 0 Å². The van der Waals surface area contributed by atoms with E-state index < -0.39 is 26.4 Å². The lowest BCUT2D eigenvalue weighted by molar-refractivity contribution is 0.546. The Balaban J connectivity index is 1.78. The predicted octanol–water partition coefficient (Wildman–Crippen LogP) is 3.73. The lowest BCUT2D eigenvalue weighted by Crippen LogP contribution is -2.11. The van der Waals surface area contributed by atoms with Gasteiger partial charge in [-0.1, -0.05) is 6.92 Å². The van der Waals surface area contributed by atoms with E-state index in [0.29, 0.717) is 43.2 Å². The molecule has 0 saturated carbocycles. The average Bonchev–Trinajstić information content (AvgIpc) is 3.02. The van der Waals surface area contributed by atoms with Crippen molar-refractivity contribution < 1.29 is 17.2 Å². The van der Waals surface area contributed by atoms with E-state index in [4.69, 9.17) is 5.73 Å². The number of nitrogens with zero attached hydrogens (tertiary/aromatic N) is 3. The standard InChI is InChI=1S/C20H24F2N4O2S/c1-4-17-25-18-19(12(2)13(3)24-20(18)23)26(17)9-5-6-10-29(27,28)16-8-7-14(21)11-15(16)22/h7-8,11H,4-6,9-10H2,1-3H3,(H2,23,24). The molecular formula is C20H24F2N4O2S. The maximum atomic E-state index is 13.8. The number of sulfone groups is 1. The number of hydrogen-bond acceptors (Lipinski definition) is 5. The van der Waals surface area contributed by atoms with Crippen LogP contribution in [0.25, 0.3) is 11.0 Å². The Labute approximate surface area is 168 Å². The molecule has 0 atom stereocenters. The third-order valence-electron chi connectivity index (χ3n) is 5.07. The Morgan fingerprint density at radius 1 is 1.14 bits per heavy atom. The summed E-state index contributed by atoms with van der Waals surface area (Å²) in [6.45, 7) is 6.40. The highest BCUT2D eigenvalue weighted by molar-refractivity contribution is 7.91. The first-order valence-corrected chi connectivity index (χ1v) is 11.1. The molecule has 1 aromatic carbocycles. The van der Waals surface area contributed by atoms with Gasteiger partial charge in [-0.05, 0) is 44.4 Å². The first kappa shape index (κ1) is 21.2. The van der Waals surface area contributed by atoms with Crippen LogP contribution in [0.4, 0.5) is 14.6 Å². The molecule has 2 heterocycles. The molecule has 0 spiro atoms. The fourth-order valence-electron chi connectivity index (χ4n) is 3.46. The maximum absolute atomic E-state index is 13.8. The molecule has 156 valence electrons. The third kappa shape index (κ3) is 4.10. The molecule has 0 aliphatic carbocycles. The number of imidazole rings is 1. The van der Waals surface area contributed by atoms with Gasteiger partial charge in [0.15, 0.2) is 15.7 Å².